The maximum absolute atomic E-state index is 12.7. The first kappa shape index (κ1) is 16.8. The summed E-state index contributed by atoms with van der Waals surface area (Å²) in [6.45, 7) is 4.85. The van der Waals surface area contributed by atoms with E-state index < -0.39 is 11.7 Å². The first-order chi connectivity index (χ1) is 9.29. The van der Waals surface area contributed by atoms with Crippen LogP contribution in [0.15, 0.2) is 18.2 Å². The van der Waals surface area contributed by atoms with Crippen LogP contribution in [0.1, 0.15) is 37.8 Å². The van der Waals surface area contributed by atoms with Crippen LogP contribution in [-0.2, 0) is 6.18 Å². The molecule has 0 radical (unpaired) electrons. The van der Waals surface area contributed by atoms with Crippen molar-refractivity contribution in [2.24, 2.45) is 11.7 Å². The SMILES string of the molecule is CCC(CC)CNc1ccc(C(F)(F)F)cc1C(N)=S. The van der Waals surface area contributed by atoms with E-state index >= 15 is 0 Å². The van der Waals surface area contributed by atoms with Crippen LogP contribution >= 0.6 is 12.2 Å². The van der Waals surface area contributed by atoms with Gasteiger partial charge in [0, 0.05) is 17.8 Å². The topological polar surface area (TPSA) is 38.0 Å². The van der Waals surface area contributed by atoms with Crippen molar-refractivity contribution in [2.75, 3.05) is 11.9 Å². The van der Waals surface area contributed by atoms with Gasteiger partial charge >= 0.3 is 6.18 Å². The predicted molar refractivity (Wildman–Crippen MR) is 79.9 cm³/mol. The van der Waals surface area contributed by atoms with E-state index in [1.807, 2.05) is 0 Å². The van der Waals surface area contributed by atoms with Crippen molar-refractivity contribution in [3.05, 3.63) is 29.3 Å². The number of nitrogens with two attached hydrogens (primary N) is 1. The minimum atomic E-state index is -4.40. The van der Waals surface area contributed by atoms with Crippen molar-refractivity contribution in [1.29, 1.82) is 0 Å². The third-order valence-electron chi connectivity index (χ3n) is 3.35. The third-order valence-corrected chi connectivity index (χ3v) is 3.57. The molecule has 0 saturated carbocycles. The summed E-state index contributed by atoms with van der Waals surface area (Å²) in [5, 5.41) is 3.14. The number of nitrogens with one attached hydrogen (secondary N) is 1. The van der Waals surface area contributed by atoms with Gasteiger partial charge < -0.3 is 11.1 Å². The molecule has 3 N–H and O–H groups in total. The largest absolute Gasteiger partial charge is 0.416 e. The fraction of sp³-hybridized carbons (Fsp3) is 0.500. The number of thiocarbonyl (C=S) groups is 1. The third kappa shape index (κ3) is 4.37. The van der Waals surface area contributed by atoms with Gasteiger partial charge in [-0.05, 0) is 24.1 Å². The summed E-state index contributed by atoms with van der Waals surface area (Å²) in [5.41, 5.74) is 5.57. The zero-order valence-corrected chi connectivity index (χ0v) is 12.4. The van der Waals surface area contributed by atoms with Gasteiger partial charge in [-0.1, -0.05) is 38.9 Å². The Morgan fingerprint density at radius 2 is 1.90 bits per heavy atom. The lowest BCUT2D eigenvalue weighted by Crippen LogP contribution is -2.18. The van der Waals surface area contributed by atoms with E-state index in [-0.39, 0.29) is 10.6 Å². The van der Waals surface area contributed by atoms with Gasteiger partial charge in [-0.15, -0.1) is 0 Å². The molecule has 0 amide bonds. The van der Waals surface area contributed by atoms with Gasteiger partial charge in [0.15, 0.2) is 0 Å². The minimum absolute atomic E-state index is 0.0388. The average molecular weight is 304 g/mol. The van der Waals surface area contributed by atoms with Crippen LogP contribution in [0, 0.1) is 5.92 Å². The van der Waals surface area contributed by atoms with E-state index in [0.29, 0.717) is 18.2 Å². The van der Waals surface area contributed by atoms with Crippen molar-refractivity contribution in [1.82, 2.24) is 0 Å². The smallest absolute Gasteiger partial charge is 0.389 e. The Kier molecular flexibility index (Phi) is 5.80. The van der Waals surface area contributed by atoms with Gasteiger partial charge in [0.2, 0.25) is 0 Å². The number of hydrogen-bond acceptors (Lipinski definition) is 2. The Hall–Kier alpha value is -1.30. The lowest BCUT2D eigenvalue weighted by Gasteiger charge is -2.18. The summed E-state index contributed by atoms with van der Waals surface area (Å²) >= 11 is 4.84. The van der Waals surface area contributed by atoms with Crippen LogP contribution in [-0.4, -0.2) is 11.5 Å². The van der Waals surface area contributed by atoms with Crippen LogP contribution in [0.2, 0.25) is 0 Å². The molecule has 0 bridgehead atoms. The monoisotopic (exact) mass is 304 g/mol. The lowest BCUT2D eigenvalue weighted by atomic mass is 10.0. The van der Waals surface area contributed by atoms with Crippen LogP contribution < -0.4 is 11.1 Å². The zero-order valence-electron chi connectivity index (χ0n) is 11.6. The number of anilines is 1. The van der Waals surface area contributed by atoms with Crippen molar-refractivity contribution >= 4 is 22.9 Å². The van der Waals surface area contributed by atoms with Crippen molar-refractivity contribution in [3.63, 3.8) is 0 Å². The summed E-state index contributed by atoms with van der Waals surface area (Å²) in [7, 11) is 0. The highest BCUT2D eigenvalue weighted by Crippen LogP contribution is 2.32. The Morgan fingerprint density at radius 3 is 2.35 bits per heavy atom. The molecular formula is C14H19F3N2S. The van der Waals surface area contributed by atoms with Crippen LogP contribution in [0.4, 0.5) is 18.9 Å². The highest BCUT2D eigenvalue weighted by Gasteiger charge is 2.31. The molecule has 1 rings (SSSR count). The highest BCUT2D eigenvalue weighted by atomic mass is 32.1. The van der Waals surface area contributed by atoms with Gasteiger partial charge in [0.25, 0.3) is 0 Å². The van der Waals surface area contributed by atoms with Gasteiger partial charge in [-0.25, -0.2) is 0 Å². The summed E-state index contributed by atoms with van der Waals surface area (Å²) in [6.07, 6.45) is -2.38. The number of benzene rings is 1. The molecule has 0 aliphatic carbocycles. The molecule has 2 nitrogen and oxygen atoms in total. The first-order valence-corrected chi connectivity index (χ1v) is 6.95. The molecule has 0 spiro atoms. The highest BCUT2D eigenvalue weighted by molar-refractivity contribution is 7.80. The molecule has 1 aromatic rings. The zero-order chi connectivity index (χ0) is 15.3. The van der Waals surface area contributed by atoms with Gasteiger partial charge in [0.1, 0.15) is 4.99 Å². The molecule has 1 aromatic carbocycles. The Morgan fingerprint density at radius 1 is 1.30 bits per heavy atom. The van der Waals surface area contributed by atoms with Crippen molar-refractivity contribution in [2.45, 2.75) is 32.9 Å². The second kappa shape index (κ2) is 6.92. The van der Waals surface area contributed by atoms with Gasteiger partial charge in [-0.2, -0.15) is 13.2 Å². The van der Waals surface area contributed by atoms with E-state index in [2.05, 4.69) is 19.2 Å². The van der Waals surface area contributed by atoms with E-state index in [1.54, 1.807) is 0 Å². The van der Waals surface area contributed by atoms with Crippen molar-refractivity contribution in [3.8, 4) is 0 Å². The molecule has 0 aliphatic heterocycles. The van der Waals surface area contributed by atoms with E-state index in [0.717, 1.165) is 25.0 Å². The summed E-state index contributed by atoms with van der Waals surface area (Å²) in [4.78, 5) is -0.0388. The Bertz CT molecular complexity index is 468. The first-order valence-electron chi connectivity index (χ1n) is 6.54. The maximum Gasteiger partial charge on any atom is 0.416 e. The molecule has 0 saturated heterocycles. The second-order valence-corrected chi connectivity index (χ2v) is 5.13. The summed E-state index contributed by atoms with van der Waals surface area (Å²) < 4.78 is 38.0. The maximum atomic E-state index is 12.7. The number of rotatable bonds is 6. The molecule has 0 unspecified atom stereocenters. The van der Waals surface area contributed by atoms with Gasteiger partial charge in [-0.3, -0.25) is 0 Å². The number of hydrogen-bond donors (Lipinski definition) is 2. The molecule has 112 valence electrons. The molecule has 0 aliphatic rings. The Balaban J connectivity index is 2.99. The van der Waals surface area contributed by atoms with E-state index in [1.165, 1.54) is 6.07 Å². The Labute approximate surface area is 122 Å². The number of halogens is 3. The normalized spacial score (nSPS) is 11.7. The predicted octanol–water partition coefficient (Wildman–Crippen LogP) is 4.19. The number of alkyl halides is 3. The molecular weight excluding hydrogens is 285 g/mol. The summed E-state index contributed by atoms with van der Waals surface area (Å²) in [5.74, 6) is 0.469. The van der Waals surface area contributed by atoms with Crippen LogP contribution in [0.3, 0.4) is 0 Å². The molecule has 20 heavy (non-hydrogen) atoms. The quantitative estimate of drug-likeness (QED) is 0.774. The van der Waals surface area contributed by atoms with Crippen molar-refractivity contribution < 1.29 is 13.2 Å². The van der Waals surface area contributed by atoms with Crippen LogP contribution in [0.25, 0.3) is 0 Å². The fourth-order valence-corrected chi connectivity index (χ4v) is 2.08. The molecule has 0 aromatic heterocycles. The standard InChI is InChI=1S/C14H19F3N2S/c1-3-9(4-2)8-19-12-6-5-10(14(15,16)17)7-11(12)13(18)20/h5-7,9,19H,3-4,8H2,1-2H3,(H2,18,20). The molecule has 0 atom stereocenters. The molecule has 6 heteroatoms. The van der Waals surface area contributed by atoms with E-state index in [9.17, 15) is 13.2 Å². The second-order valence-electron chi connectivity index (χ2n) is 4.69. The lowest BCUT2D eigenvalue weighted by molar-refractivity contribution is -0.137. The van der Waals surface area contributed by atoms with E-state index in [4.69, 9.17) is 18.0 Å². The average Bonchev–Trinajstić information content (AvgIpc) is 2.38. The fourth-order valence-electron chi connectivity index (χ4n) is 1.91. The van der Waals surface area contributed by atoms with Gasteiger partial charge in [0.05, 0.1) is 5.56 Å². The minimum Gasteiger partial charge on any atom is -0.389 e. The van der Waals surface area contributed by atoms with Crippen LogP contribution in [0.5, 0.6) is 0 Å². The molecule has 0 fully saturated rings. The molecule has 0 heterocycles. The summed E-state index contributed by atoms with van der Waals surface area (Å²) in [6, 6.07) is 3.42.